The van der Waals surface area contributed by atoms with Crippen molar-refractivity contribution in [1.82, 2.24) is 0 Å². The van der Waals surface area contributed by atoms with Crippen LogP contribution in [0.3, 0.4) is 0 Å². The Morgan fingerprint density at radius 3 is 2.48 bits per heavy atom. The van der Waals surface area contributed by atoms with Crippen LogP contribution in [0.25, 0.3) is 0 Å². The van der Waals surface area contributed by atoms with E-state index >= 15 is 0 Å². The molecular formula is C28H40O. The molecule has 0 bridgehead atoms. The average Bonchev–Trinajstić information content (AvgIpc) is 3.03. The third-order valence-corrected chi connectivity index (χ3v) is 9.39. The topological polar surface area (TPSA) is 17.1 Å². The minimum absolute atomic E-state index is 0.107. The van der Waals surface area contributed by atoms with E-state index in [1.807, 2.05) is 6.08 Å². The van der Waals surface area contributed by atoms with E-state index in [9.17, 15) is 4.79 Å². The van der Waals surface area contributed by atoms with Gasteiger partial charge in [-0.15, -0.1) is 0 Å². The zero-order chi connectivity index (χ0) is 21.0. The van der Waals surface area contributed by atoms with Crippen molar-refractivity contribution in [3.05, 3.63) is 47.1 Å². The lowest BCUT2D eigenvalue weighted by atomic mass is 9.54. The molecule has 6 atom stereocenters. The first-order valence-electron chi connectivity index (χ1n) is 12.0. The summed E-state index contributed by atoms with van der Waals surface area (Å²) in [6.45, 7) is 14.4. The number of allylic oxidation sites excluding steroid dienone is 8. The van der Waals surface area contributed by atoms with Crippen molar-refractivity contribution >= 4 is 5.78 Å². The highest BCUT2D eigenvalue weighted by Gasteiger charge is 2.53. The molecule has 4 rings (SSSR count). The largest absolute Gasteiger partial charge is 0.295 e. The van der Waals surface area contributed by atoms with Crippen LogP contribution >= 0.6 is 0 Å². The summed E-state index contributed by atoms with van der Waals surface area (Å²) in [7, 11) is 0. The highest BCUT2D eigenvalue weighted by atomic mass is 16.1. The smallest absolute Gasteiger partial charge is 0.156 e. The van der Waals surface area contributed by atoms with Gasteiger partial charge in [0.1, 0.15) is 0 Å². The van der Waals surface area contributed by atoms with Gasteiger partial charge in [-0.25, -0.2) is 0 Å². The lowest BCUT2D eigenvalue weighted by Crippen LogP contribution is -2.40. The van der Waals surface area contributed by atoms with E-state index < -0.39 is 0 Å². The Bertz CT molecular complexity index is 806. The second-order valence-corrected chi connectivity index (χ2v) is 11.3. The average molecular weight is 393 g/mol. The highest BCUT2D eigenvalue weighted by molar-refractivity contribution is 5.92. The summed E-state index contributed by atoms with van der Waals surface area (Å²) in [5, 5.41) is 0. The molecule has 4 aliphatic carbocycles. The number of hydrogen-bond donors (Lipinski definition) is 0. The molecule has 29 heavy (non-hydrogen) atoms. The molecule has 0 radical (unpaired) electrons. The van der Waals surface area contributed by atoms with E-state index in [1.165, 1.54) is 31.3 Å². The second-order valence-electron chi connectivity index (χ2n) is 11.3. The summed E-state index contributed by atoms with van der Waals surface area (Å²) in [6, 6.07) is 0. The van der Waals surface area contributed by atoms with Crippen LogP contribution in [0.2, 0.25) is 0 Å². The van der Waals surface area contributed by atoms with Crippen molar-refractivity contribution in [2.75, 3.05) is 0 Å². The Morgan fingerprint density at radius 2 is 1.76 bits per heavy atom. The predicted octanol–water partition coefficient (Wildman–Crippen LogP) is 7.46. The van der Waals surface area contributed by atoms with Gasteiger partial charge in [0, 0.05) is 11.8 Å². The van der Waals surface area contributed by atoms with Crippen LogP contribution in [-0.2, 0) is 4.79 Å². The quantitative estimate of drug-likeness (QED) is 0.454. The molecule has 1 fully saturated rings. The number of fused-ring (bicyclic) bond motifs is 4. The van der Waals surface area contributed by atoms with E-state index in [2.05, 4.69) is 65.8 Å². The van der Waals surface area contributed by atoms with Crippen LogP contribution in [0.1, 0.15) is 80.1 Å². The van der Waals surface area contributed by atoms with E-state index in [0.717, 1.165) is 12.3 Å². The fraction of sp³-hybridized carbons (Fsp3) is 0.679. The van der Waals surface area contributed by atoms with Crippen LogP contribution in [0, 0.1) is 40.4 Å². The maximum atomic E-state index is 12.0. The van der Waals surface area contributed by atoms with Crippen molar-refractivity contribution in [1.29, 1.82) is 0 Å². The molecule has 1 heteroatoms. The number of carbonyl (C=O) groups is 1. The predicted molar refractivity (Wildman–Crippen MR) is 122 cm³/mol. The molecule has 1 unspecified atom stereocenters. The van der Waals surface area contributed by atoms with Crippen LogP contribution < -0.4 is 0 Å². The van der Waals surface area contributed by atoms with E-state index in [-0.39, 0.29) is 5.41 Å². The molecule has 0 aromatic heterocycles. The molecule has 1 saturated carbocycles. The molecule has 0 N–H and O–H groups in total. The Morgan fingerprint density at radius 1 is 1.00 bits per heavy atom. The Kier molecular flexibility index (Phi) is 5.33. The van der Waals surface area contributed by atoms with Gasteiger partial charge in [0.25, 0.3) is 0 Å². The Balaban J connectivity index is 1.61. The van der Waals surface area contributed by atoms with Gasteiger partial charge >= 0.3 is 0 Å². The van der Waals surface area contributed by atoms with Crippen molar-refractivity contribution in [2.45, 2.75) is 80.1 Å². The van der Waals surface area contributed by atoms with Gasteiger partial charge in [-0.1, -0.05) is 71.4 Å². The molecule has 158 valence electrons. The second kappa shape index (κ2) is 7.40. The maximum absolute atomic E-state index is 12.0. The summed E-state index contributed by atoms with van der Waals surface area (Å²) in [5.41, 5.74) is 5.09. The first-order valence-corrected chi connectivity index (χ1v) is 12.0. The van der Waals surface area contributed by atoms with Gasteiger partial charge in [-0.3, -0.25) is 4.79 Å². The third-order valence-electron chi connectivity index (χ3n) is 9.39. The monoisotopic (exact) mass is 392 g/mol. The normalized spacial score (nSPS) is 38.7. The maximum Gasteiger partial charge on any atom is 0.156 e. The van der Waals surface area contributed by atoms with Crippen LogP contribution in [0.4, 0.5) is 0 Å². The molecule has 0 aromatic carbocycles. The van der Waals surface area contributed by atoms with E-state index in [1.54, 1.807) is 11.1 Å². The molecule has 1 nitrogen and oxygen atoms in total. The van der Waals surface area contributed by atoms with Crippen LogP contribution in [0.15, 0.2) is 47.1 Å². The van der Waals surface area contributed by atoms with Crippen LogP contribution in [0.5, 0.6) is 0 Å². The minimum Gasteiger partial charge on any atom is -0.295 e. The van der Waals surface area contributed by atoms with Crippen molar-refractivity contribution in [3.8, 4) is 0 Å². The molecular weight excluding hydrogens is 352 g/mol. The Labute approximate surface area is 178 Å². The molecule has 0 saturated heterocycles. The van der Waals surface area contributed by atoms with Gasteiger partial charge in [0.05, 0.1) is 0 Å². The summed E-state index contributed by atoms with van der Waals surface area (Å²) in [4.78, 5) is 12.0. The fourth-order valence-corrected chi connectivity index (χ4v) is 6.92. The molecule has 4 aliphatic rings. The number of ketones is 1. The van der Waals surface area contributed by atoms with Gasteiger partial charge in [-0.05, 0) is 84.3 Å². The fourth-order valence-electron chi connectivity index (χ4n) is 6.92. The van der Waals surface area contributed by atoms with Crippen molar-refractivity contribution in [3.63, 3.8) is 0 Å². The molecule has 0 amide bonds. The molecule has 0 spiro atoms. The molecule has 0 aliphatic heterocycles. The first kappa shape index (κ1) is 20.9. The van der Waals surface area contributed by atoms with Gasteiger partial charge in [0.15, 0.2) is 5.78 Å². The zero-order valence-corrected chi connectivity index (χ0v) is 19.4. The standard InChI is InChI=1S/C28H40O/c1-18(2)19(3)7-8-20(4)24-11-12-25-23-10-9-21-17-22(29)13-15-27(21,5)26(23)14-16-28(24,25)6/h7-10,17-20,24-25H,11-16H2,1-6H3/b8-7-/t19?,20-,24-,25+,27+,28-/m1/s1. The summed E-state index contributed by atoms with van der Waals surface area (Å²) in [6.07, 6.45) is 18.5. The van der Waals surface area contributed by atoms with Gasteiger partial charge in [-0.2, -0.15) is 0 Å². The van der Waals surface area contributed by atoms with Crippen molar-refractivity contribution in [2.24, 2.45) is 40.4 Å². The number of hydrogen-bond acceptors (Lipinski definition) is 1. The Hall–Kier alpha value is -1.37. The summed E-state index contributed by atoms with van der Waals surface area (Å²) < 4.78 is 0. The van der Waals surface area contributed by atoms with Gasteiger partial charge in [0.2, 0.25) is 0 Å². The highest BCUT2D eigenvalue weighted by Crippen LogP contribution is 2.63. The third kappa shape index (κ3) is 3.33. The van der Waals surface area contributed by atoms with Gasteiger partial charge < -0.3 is 0 Å². The number of rotatable bonds is 4. The first-order chi connectivity index (χ1) is 13.7. The zero-order valence-electron chi connectivity index (χ0n) is 19.4. The van der Waals surface area contributed by atoms with E-state index in [0.29, 0.717) is 41.3 Å². The van der Waals surface area contributed by atoms with Crippen molar-refractivity contribution < 1.29 is 4.79 Å². The minimum atomic E-state index is 0.107. The van der Waals surface area contributed by atoms with Crippen LogP contribution in [-0.4, -0.2) is 5.78 Å². The number of carbonyl (C=O) groups excluding carboxylic acids is 1. The molecule has 0 heterocycles. The summed E-state index contributed by atoms with van der Waals surface area (Å²) in [5.74, 6) is 3.81. The lowest BCUT2D eigenvalue weighted by molar-refractivity contribution is -0.115. The SMILES string of the molecule is CC(C)C(C)/C=C\[C@@H](C)[C@H]1CC[C@H]2C3=C(CC[C@]12C)[C@@]1(C)CCC(=O)C=C1C=C3. The molecule has 0 aromatic rings. The summed E-state index contributed by atoms with van der Waals surface area (Å²) >= 11 is 0. The lowest BCUT2D eigenvalue weighted by Gasteiger charge is -2.50. The van der Waals surface area contributed by atoms with E-state index in [4.69, 9.17) is 0 Å².